The van der Waals surface area contributed by atoms with Crippen LogP contribution in [0.25, 0.3) is 64.6 Å². The smallest absolute Gasteiger partial charge is 0.494 e. The normalized spacial score (nSPS) is 14.7. The second-order valence-corrected chi connectivity index (χ2v) is 36.9. The van der Waals surface area contributed by atoms with Crippen LogP contribution in [0.15, 0.2) is 191 Å². The molecule has 0 atom stereocenters. The number of hydrogen-bond acceptors (Lipinski definition) is 26. The molecule has 27 nitrogen and oxygen atoms in total. The van der Waals surface area contributed by atoms with E-state index >= 15 is 0 Å². The molecule has 3 aliphatic rings. The minimum atomic E-state index is -0.968. The van der Waals surface area contributed by atoms with E-state index in [1.165, 1.54) is 6.07 Å². The highest BCUT2D eigenvalue weighted by atomic mass is 79.9. The average Bonchev–Trinajstić information content (AvgIpc) is 1.59. The van der Waals surface area contributed by atoms with Crippen molar-refractivity contribution in [3.05, 3.63) is 224 Å². The summed E-state index contributed by atoms with van der Waals surface area (Å²) >= 11 is 6.78. The molecule has 3 aliphatic heterocycles. The minimum absolute atomic E-state index is 0.0815. The van der Waals surface area contributed by atoms with Crippen LogP contribution in [0.2, 0.25) is 0 Å². The van der Waals surface area contributed by atoms with Crippen LogP contribution in [0, 0.1) is 0 Å². The molecular formula is C108H129B3Br2O27. The van der Waals surface area contributed by atoms with Gasteiger partial charge in [-0.15, -0.1) is 0 Å². The van der Waals surface area contributed by atoms with Crippen LogP contribution in [0.5, 0.6) is 51.7 Å². The van der Waals surface area contributed by atoms with Crippen molar-refractivity contribution < 1.29 is 129 Å². The molecule has 0 aromatic heterocycles. The first-order valence-corrected chi connectivity index (χ1v) is 48.6. The van der Waals surface area contributed by atoms with Gasteiger partial charge in [-0.1, -0.05) is 50.1 Å². The van der Waals surface area contributed by atoms with Crippen LogP contribution in [0.3, 0.4) is 0 Å². The van der Waals surface area contributed by atoms with Gasteiger partial charge in [-0.3, -0.25) is 0 Å². The quantitative estimate of drug-likeness (QED) is 0.0245. The number of carbonyl (C=O) groups excluding carboxylic acids is 5. The Kier molecular flexibility index (Phi) is 39.9. The first-order valence-electron chi connectivity index (χ1n) is 47.0. The van der Waals surface area contributed by atoms with Gasteiger partial charge in [0.15, 0.2) is 0 Å². The third-order valence-corrected chi connectivity index (χ3v) is 24.6. The molecule has 3 N–H and O–H groups in total. The maximum atomic E-state index is 12.2. The van der Waals surface area contributed by atoms with Gasteiger partial charge in [-0.25, -0.2) is 28.8 Å². The summed E-state index contributed by atoms with van der Waals surface area (Å²) in [7, 11) is -1.41. The third kappa shape index (κ3) is 28.5. The molecule has 0 amide bonds. The van der Waals surface area contributed by atoms with Gasteiger partial charge < -0.3 is 100 Å². The number of carboxylic acids is 1. The SMILES string of the molecule is CC1(C)OB(B2OC(C)(C)C(C)(C)O2)OC1(C)C.CCOC(=O)c1cc(O)c2ccc(Br)cc2c1.CCOC(=O)c1cc(OCC)c2ccc(B3OC(C)(C)C(C)(C)O3)cc2c1.CCOC(=O)c1cc(OCC)c2ccc(Br)cc2c1.CCOC(=O)c1cc(OCC)c2ccc(O)cc2c1.CCOC(=O)c1cc(OCC)c2ccc(OCC)cc2c1.CCOc1ccc2c(OCC)cc(C(=O)O)cc2c1. The zero-order chi connectivity index (χ0) is 103. The number of esters is 5. The van der Waals surface area contributed by atoms with Crippen molar-refractivity contribution in [1.82, 2.24) is 0 Å². The fourth-order valence-corrected chi connectivity index (χ4v) is 15.5. The molecule has 3 heterocycles. The maximum Gasteiger partial charge on any atom is 0.494 e. The van der Waals surface area contributed by atoms with Crippen LogP contribution in [0.1, 0.15) is 228 Å². The zero-order valence-corrected chi connectivity index (χ0v) is 87.6. The van der Waals surface area contributed by atoms with E-state index in [2.05, 4.69) is 31.9 Å². The summed E-state index contributed by atoms with van der Waals surface area (Å²) in [5.74, 6) is 2.15. The number of benzene rings is 12. The monoisotopic (exact) mass is 2050 g/mol. The number of carbonyl (C=O) groups is 6. The Bertz CT molecular complexity index is 6160. The Labute approximate surface area is 837 Å². The van der Waals surface area contributed by atoms with E-state index in [-0.39, 0.29) is 57.4 Å². The summed E-state index contributed by atoms with van der Waals surface area (Å²) in [6, 6.07) is 53.9. The van der Waals surface area contributed by atoms with E-state index in [1.54, 1.807) is 113 Å². The Morgan fingerprint density at radius 1 is 0.271 bits per heavy atom. The van der Waals surface area contributed by atoms with Gasteiger partial charge in [-0.05, 0) is 368 Å². The molecule has 0 bridgehead atoms. The number of carboxylic acid groups (broad SMARTS) is 1. The molecule has 0 radical (unpaired) electrons. The predicted octanol–water partition coefficient (Wildman–Crippen LogP) is 23.9. The Morgan fingerprint density at radius 2 is 0.521 bits per heavy atom. The van der Waals surface area contributed by atoms with Crippen molar-refractivity contribution in [2.45, 2.75) is 200 Å². The van der Waals surface area contributed by atoms with Gasteiger partial charge in [0, 0.05) is 41.3 Å². The minimum Gasteiger partial charge on any atom is -0.508 e. The molecule has 3 fully saturated rings. The van der Waals surface area contributed by atoms with Gasteiger partial charge in [-0.2, -0.15) is 0 Å². The fraction of sp³-hybridized carbons (Fsp3) is 0.389. The van der Waals surface area contributed by atoms with Crippen LogP contribution in [-0.4, -0.2) is 185 Å². The molecule has 3 saturated heterocycles. The van der Waals surface area contributed by atoms with Gasteiger partial charge in [0.25, 0.3) is 0 Å². The average molecular weight is 2050 g/mol. The fourth-order valence-electron chi connectivity index (χ4n) is 14.7. The number of hydrogen-bond donors (Lipinski definition) is 3. The predicted molar refractivity (Wildman–Crippen MR) is 555 cm³/mol. The lowest BCUT2D eigenvalue weighted by molar-refractivity contribution is 0.00578. The molecular weight excluding hydrogens is 1920 g/mol. The second kappa shape index (κ2) is 50.0. The molecule has 0 spiro atoms. The highest BCUT2D eigenvalue weighted by Gasteiger charge is 2.64. The zero-order valence-electron chi connectivity index (χ0n) is 84.4. The van der Waals surface area contributed by atoms with Crippen molar-refractivity contribution in [2.24, 2.45) is 0 Å². The van der Waals surface area contributed by atoms with Crippen molar-refractivity contribution in [2.75, 3.05) is 79.3 Å². The van der Waals surface area contributed by atoms with Crippen molar-refractivity contribution in [3.8, 4) is 51.7 Å². The first kappa shape index (κ1) is 112. The van der Waals surface area contributed by atoms with Crippen LogP contribution in [-0.2, 0) is 51.6 Å². The van der Waals surface area contributed by atoms with Gasteiger partial charge in [0.05, 0.1) is 146 Å². The van der Waals surface area contributed by atoms with Crippen LogP contribution < -0.4 is 38.6 Å². The number of ether oxygens (including phenoxy) is 12. The summed E-state index contributed by atoms with van der Waals surface area (Å²) in [6.45, 7) is 52.0. The van der Waals surface area contributed by atoms with E-state index in [1.807, 2.05) is 229 Å². The van der Waals surface area contributed by atoms with Crippen molar-refractivity contribution in [3.63, 3.8) is 0 Å². The summed E-state index contributed by atoms with van der Waals surface area (Å²) in [6.07, 6.45) is 0. The Hall–Kier alpha value is -11.9. The van der Waals surface area contributed by atoms with Gasteiger partial charge in [0.2, 0.25) is 0 Å². The molecule has 15 rings (SSSR count). The topological polar surface area (TPSA) is 329 Å². The number of halogens is 2. The molecule has 0 aliphatic carbocycles. The van der Waals surface area contributed by atoms with Gasteiger partial charge >= 0.3 is 57.0 Å². The highest BCUT2D eigenvalue weighted by Crippen LogP contribution is 2.45. The van der Waals surface area contributed by atoms with Crippen LogP contribution >= 0.6 is 31.9 Å². The maximum absolute atomic E-state index is 12.2. The van der Waals surface area contributed by atoms with Crippen molar-refractivity contribution in [1.29, 1.82) is 0 Å². The molecule has 0 unspecified atom stereocenters. The number of aromatic hydroxyl groups is 2. The Morgan fingerprint density at radius 3 is 0.836 bits per heavy atom. The molecule has 140 heavy (non-hydrogen) atoms. The molecule has 32 heteroatoms. The number of aromatic carboxylic acids is 1. The number of phenols is 2. The lowest BCUT2D eigenvalue weighted by atomic mass is 9.49. The lowest BCUT2D eigenvalue weighted by Gasteiger charge is -2.32. The van der Waals surface area contributed by atoms with E-state index < -0.39 is 50.2 Å². The number of fused-ring (bicyclic) bond motifs is 6. The van der Waals surface area contributed by atoms with Crippen molar-refractivity contribution >= 4 is 159 Å². The van der Waals surface area contributed by atoms with E-state index in [0.717, 1.165) is 85.2 Å². The molecule has 12 aromatic carbocycles. The third-order valence-electron chi connectivity index (χ3n) is 23.6. The largest absolute Gasteiger partial charge is 0.508 e. The van der Waals surface area contributed by atoms with E-state index in [4.69, 9.17) is 89.9 Å². The van der Waals surface area contributed by atoms with Crippen LogP contribution in [0.4, 0.5) is 0 Å². The standard InChI is InChI=1S/C21H27BO5.C17H20O4.C15H15BrO3.2C15H16O4.C13H11BrO3.C12H24B2O4/c1-7-24-18-13-15(19(23)25-8-2)11-14-12-16(9-10-17(14)18)22-26-20(3,4)21(5,6)27-22;1-4-19-14-7-8-15-12(10-14)9-13(17(18)21-6-3)11-16(15)20-5-2;1-3-18-14-9-11(15(17)19-4-2)7-10-8-12(16)5-6-13(10)14;1-3-18-12-5-6-13-10(8-12)7-11(15(16)17)9-14(13)19-4-2;1-3-18-14-9-11(15(17)19-4-2)7-10-8-12(16)5-6-13(10)14;1-2-17-13(16)9-5-8-6-10(14)3-4-11(8)12(15)7-9;1-9(2)10(3,4)16-13(15-9)14-17-11(5,6)12(7,8)18-14/h9-13H,7-8H2,1-6H3;7-11H,4-6H2,1-3H3;5-9H,3-4H2,1-2H3;5-9H,3-4H2,1-2H3,(H,16,17);5-9,16H,3-4H2,1-2H3;3-7,15H,2H2,1H3;1-8H3. The molecule has 0 saturated carbocycles. The first-order chi connectivity index (χ1) is 66.3. The molecule has 746 valence electrons. The Balaban J connectivity index is 0.000000183. The highest BCUT2D eigenvalue weighted by molar-refractivity contribution is 9.10. The van der Waals surface area contributed by atoms with E-state index in [0.29, 0.717) is 141 Å². The summed E-state index contributed by atoms with van der Waals surface area (Å²) in [5.41, 5.74) is 1.11. The summed E-state index contributed by atoms with van der Waals surface area (Å²) in [4.78, 5) is 70.5. The van der Waals surface area contributed by atoms with Gasteiger partial charge in [0.1, 0.15) is 51.7 Å². The number of rotatable bonds is 27. The summed E-state index contributed by atoms with van der Waals surface area (Å²) < 4.78 is 102. The molecule has 12 aromatic rings. The second-order valence-electron chi connectivity index (χ2n) is 35.0. The lowest BCUT2D eigenvalue weighted by Crippen LogP contribution is -2.41. The summed E-state index contributed by atoms with van der Waals surface area (Å²) in [5, 5.41) is 38.9. The number of phenolic OH excluding ortho intramolecular Hbond substituents is 2. The van der Waals surface area contributed by atoms with E-state index in [9.17, 15) is 39.0 Å².